The van der Waals surface area contributed by atoms with E-state index in [4.69, 9.17) is 18.9 Å². The van der Waals surface area contributed by atoms with Gasteiger partial charge >= 0.3 is 5.97 Å². The summed E-state index contributed by atoms with van der Waals surface area (Å²) in [5, 5.41) is 45.8. The minimum Gasteiger partial charge on any atom is -0.488 e. The van der Waals surface area contributed by atoms with Crippen molar-refractivity contribution < 1.29 is 53.8 Å². The normalized spacial score (nSPS) is 38.6. The van der Waals surface area contributed by atoms with Gasteiger partial charge in [0, 0.05) is 61.5 Å². The van der Waals surface area contributed by atoms with Gasteiger partial charge in [-0.2, -0.15) is 0 Å². The van der Waals surface area contributed by atoms with Gasteiger partial charge in [0.15, 0.2) is 0 Å². The number of rotatable bonds is 7. The molecule has 13 nitrogen and oxygen atoms in total. The molecule has 1 aromatic heterocycles. The lowest BCUT2D eigenvalue weighted by Crippen LogP contribution is -2.62. The van der Waals surface area contributed by atoms with Gasteiger partial charge in [0.05, 0.1) is 31.0 Å². The van der Waals surface area contributed by atoms with Crippen LogP contribution in [0.4, 0.5) is 0 Å². The average Bonchev–Trinajstić information content (AvgIpc) is 3.67. The Bertz CT molecular complexity index is 2010. The third kappa shape index (κ3) is 11.8. The summed E-state index contributed by atoms with van der Waals surface area (Å²) in [6, 6.07) is 6.87. The molecule has 8 unspecified atom stereocenters. The molecular weight excluding hydrogens is 829 g/mol. The van der Waals surface area contributed by atoms with Crippen LogP contribution in [0, 0.1) is 41.4 Å². The number of hydrogen-bond acceptors (Lipinski definition) is 11. The van der Waals surface area contributed by atoms with Crippen molar-refractivity contribution in [2.45, 2.75) is 175 Å². The zero-order valence-electron chi connectivity index (χ0n) is 40.4. The number of carbonyl (C=O) groups excluding carboxylic acids is 3. The molecule has 15 atom stereocenters. The summed E-state index contributed by atoms with van der Waals surface area (Å²) < 4.78 is 27.3. The number of amides is 1. The molecule has 4 N–H and O–H groups in total. The van der Waals surface area contributed by atoms with Crippen LogP contribution in [0.25, 0.3) is 10.9 Å². The lowest BCUT2D eigenvalue weighted by atomic mass is 9.76. The lowest BCUT2D eigenvalue weighted by Gasteiger charge is -2.46. The number of piperidine rings is 1. The fourth-order valence-corrected chi connectivity index (χ4v) is 11.5. The number of nitrogens with zero attached hydrogens (tertiary/aromatic N) is 2. The second-order valence-corrected chi connectivity index (χ2v) is 20.6. The number of hydrogen-bond donors (Lipinski definition) is 4. The van der Waals surface area contributed by atoms with E-state index in [0.717, 1.165) is 47.1 Å². The van der Waals surface area contributed by atoms with Crippen molar-refractivity contribution in [1.29, 1.82) is 0 Å². The molecule has 2 aromatic rings. The number of methoxy groups -OCH3 is 1. The molecule has 3 fully saturated rings. The number of ketones is 1. The van der Waals surface area contributed by atoms with Crippen molar-refractivity contribution in [3.8, 4) is 5.75 Å². The van der Waals surface area contributed by atoms with Crippen LogP contribution in [-0.4, -0.2) is 116 Å². The number of ether oxygens (including phenoxy) is 4. The molecule has 1 aromatic carbocycles. The number of aromatic nitrogens is 1. The third-order valence-electron chi connectivity index (χ3n) is 15.2. The smallest absolute Gasteiger partial charge is 0.329 e. The van der Waals surface area contributed by atoms with E-state index in [-0.39, 0.29) is 67.8 Å². The third-order valence-corrected chi connectivity index (χ3v) is 15.2. The van der Waals surface area contributed by atoms with Gasteiger partial charge in [-0.15, -0.1) is 0 Å². The summed E-state index contributed by atoms with van der Waals surface area (Å²) in [7, 11) is 1.68. The van der Waals surface area contributed by atoms with Crippen molar-refractivity contribution in [1.82, 2.24) is 9.47 Å². The lowest BCUT2D eigenvalue weighted by molar-refractivity contribution is -0.282. The van der Waals surface area contributed by atoms with Crippen LogP contribution in [0.5, 0.6) is 5.75 Å². The van der Waals surface area contributed by atoms with Crippen LogP contribution in [0.15, 0.2) is 53.8 Å². The van der Waals surface area contributed by atoms with Crippen molar-refractivity contribution in [2.24, 2.45) is 41.4 Å². The second kappa shape index (κ2) is 22.0. The van der Waals surface area contributed by atoms with E-state index in [1.54, 1.807) is 14.0 Å². The quantitative estimate of drug-likeness (QED) is 0.126. The van der Waals surface area contributed by atoms with E-state index in [1.807, 2.05) is 62.7 Å². The zero-order valence-corrected chi connectivity index (χ0v) is 40.4. The monoisotopic (exact) mass is 907 g/mol. The SMILES string of the molecule is COC1C[C@H](/C=C(\C)C2OC(=O)C3CCCCN3C(=O)C(=O)C3(O)OC([C@@H](C)C[C@@H](C)C/C(C)=C/[C@@H](C)C(O)CC(O)[C@H]2C)[C@@H](C)C[C@H]3C)CCC1Oc1ccc2c(ccn2CCO)c1. The Morgan fingerprint density at radius 3 is 2.38 bits per heavy atom. The number of allylic oxidation sites excluding steroid dienone is 2. The number of carbonyl (C=O) groups is 3. The highest BCUT2D eigenvalue weighted by Crippen LogP contribution is 2.42. The molecular formula is C52H78N2O11. The molecule has 6 rings (SSSR count). The van der Waals surface area contributed by atoms with Crippen molar-refractivity contribution in [2.75, 3.05) is 20.3 Å². The highest BCUT2D eigenvalue weighted by atomic mass is 16.6. The van der Waals surface area contributed by atoms with Crippen LogP contribution < -0.4 is 4.74 Å². The molecule has 1 aliphatic carbocycles. The Labute approximate surface area is 386 Å². The van der Waals surface area contributed by atoms with Gasteiger partial charge in [0.2, 0.25) is 5.79 Å². The molecule has 13 heteroatoms. The highest BCUT2D eigenvalue weighted by Gasteiger charge is 2.55. The maximum Gasteiger partial charge on any atom is 0.329 e. The number of fused-ring (bicyclic) bond motifs is 4. The molecule has 1 amide bonds. The highest BCUT2D eigenvalue weighted by molar-refractivity contribution is 6.39. The van der Waals surface area contributed by atoms with Crippen LogP contribution in [0.1, 0.15) is 120 Å². The zero-order chi connectivity index (χ0) is 47.3. The summed E-state index contributed by atoms with van der Waals surface area (Å²) in [6.07, 6.45) is 8.05. The van der Waals surface area contributed by atoms with Crippen molar-refractivity contribution in [3.63, 3.8) is 0 Å². The first-order valence-electron chi connectivity index (χ1n) is 24.4. The number of benzene rings is 1. The fraction of sp³-hybridized carbons (Fsp3) is 0.712. The van der Waals surface area contributed by atoms with Crippen LogP contribution in [0.2, 0.25) is 0 Å². The molecule has 2 saturated heterocycles. The number of esters is 1. The summed E-state index contributed by atoms with van der Waals surface area (Å²) in [6.45, 7) is 16.4. The van der Waals surface area contributed by atoms with Gasteiger partial charge in [-0.05, 0) is 125 Å². The van der Waals surface area contributed by atoms with Gasteiger partial charge in [-0.25, -0.2) is 4.79 Å². The molecule has 4 aliphatic rings. The van der Waals surface area contributed by atoms with E-state index in [1.165, 1.54) is 4.90 Å². The number of aliphatic hydroxyl groups excluding tert-OH is 3. The van der Waals surface area contributed by atoms with E-state index in [2.05, 4.69) is 32.9 Å². The number of cyclic esters (lactones) is 1. The minimum atomic E-state index is -2.34. The Hall–Kier alpha value is -3.59. The Balaban J connectivity index is 1.26. The number of Topliss-reactive ketones (excluding diaryl/α,β-unsaturated/α-hetero) is 1. The van der Waals surface area contributed by atoms with Gasteiger partial charge in [-0.3, -0.25) is 9.59 Å². The summed E-state index contributed by atoms with van der Waals surface area (Å²) >= 11 is 0. The van der Waals surface area contributed by atoms with Crippen LogP contribution >= 0.6 is 0 Å². The molecule has 0 radical (unpaired) electrons. The minimum absolute atomic E-state index is 0.0296. The Morgan fingerprint density at radius 1 is 0.923 bits per heavy atom. The van der Waals surface area contributed by atoms with Gasteiger partial charge in [-0.1, -0.05) is 59.3 Å². The average molecular weight is 907 g/mol. The fourth-order valence-electron chi connectivity index (χ4n) is 11.5. The van der Waals surface area contributed by atoms with Crippen LogP contribution in [0.3, 0.4) is 0 Å². The summed E-state index contributed by atoms with van der Waals surface area (Å²) in [5.74, 6) is -5.60. The molecule has 1 saturated carbocycles. The largest absolute Gasteiger partial charge is 0.488 e. The molecule has 65 heavy (non-hydrogen) atoms. The Morgan fingerprint density at radius 2 is 1.66 bits per heavy atom. The summed E-state index contributed by atoms with van der Waals surface area (Å²) in [5.41, 5.74) is 2.86. The van der Waals surface area contributed by atoms with Gasteiger partial charge in [0.25, 0.3) is 11.7 Å². The second-order valence-electron chi connectivity index (χ2n) is 20.6. The Kier molecular flexibility index (Phi) is 17.2. The molecule has 2 bridgehead atoms. The first-order valence-corrected chi connectivity index (χ1v) is 24.4. The molecule has 4 heterocycles. The van der Waals surface area contributed by atoms with Gasteiger partial charge in [0.1, 0.15) is 24.0 Å². The van der Waals surface area contributed by atoms with Gasteiger partial charge < -0.3 is 48.8 Å². The maximum atomic E-state index is 14.5. The van der Waals surface area contributed by atoms with E-state index in [9.17, 15) is 34.8 Å². The first-order chi connectivity index (χ1) is 30.8. The first kappa shape index (κ1) is 50.8. The summed E-state index contributed by atoms with van der Waals surface area (Å²) in [4.78, 5) is 44.3. The molecule has 3 aliphatic heterocycles. The van der Waals surface area contributed by atoms with E-state index >= 15 is 0 Å². The maximum absolute atomic E-state index is 14.5. The standard InChI is InChI=1S/C52H78N2O11/c1-30-22-31(2)24-33(4)47-34(5)25-36(7)52(61,65-47)49(58)50(59)54-18-11-10-12-42(54)51(60)64-48(37(8)44(57)29-43(56)32(3)23-30)35(6)26-38-13-16-45(46(27-38)62-9)63-40-14-15-41-39(28-40)17-19-53(41)20-21-55/h14-15,17,19,23,26,28,31-34,36-38,42-48,55-57,61H,10-13,16,18,20-22,24-25,27,29H2,1-9H3/b30-23+,35-26+/t31-,32+,33-,34-,36+,37+,38-,42?,43?,44?,45?,46?,47?,48?,52?/m0/s1. The van der Waals surface area contributed by atoms with Crippen molar-refractivity contribution in [3.05, 3.63) is 53.8 Å². The van der Waals surface area contributed by atoms with E-state index < -0.39 is 65.7 Å². The molecule has 362 valence electrons. The predicted octanol–water partition coefficient (Wildman–Crippen LogP) is 7.15. The van der Waals surface area contributed by atoms with Crippen molar-refractivity contribution >= 4 is 28.6 Å². The molecule has 0 spiro atoms. The topological polar surface area (TPSA) is 177 Å². The van der Waals surface area contributed by atoms with Crippen LogP contribution in [-0.2, 0) is 35.1 Å². The van der Waals surface area contributed by atoms with E-state index in [0.29, 0.717) is 38.6 Å². The predicted molar refractivity (Wildman–Crippen MR) is 249 cm³/mol. The number of aliphatic hydroxyl groups is 4.